The van der Waals surface area contributed by atoms with Crippen molar-refractivity contribution in [3.05, 3.63) is 65.3 Å². The van der Waals surface area contributed by atoms with Gasteiger partial charge in [-0.05, 0) is 88.7 Å². The largest absolute Gasteiger partial charge is 0.495 e. The number of tetrazole rings is 1. The van der Waals surface area contributed by atoms with Crippen LogP contribution >= 0.6 is 0 Å². The van der Waals surface area contributed by atoms with E-state index in [-0.39, 0.29) is 12.4 Å². The van der Waals surface area contributed by atoms with Crippen LogP contribution in [0.4, 0.5) is 5.69 Å². The van der Waals surface area contributed by atoms with Gasteiger partial charge < -0.3 is 18.9 Å². The number of carbonyl (C=O) groups excluding carboxylic acids is 2. The van der Waals surface area contributed by atoms with Crippen LogP contribution in [-0.2, 0) is 16.1 Å². The smallest absolute Gasteiger partial charge is 0.251 e. The first-order chi connectivity index (χ1) is 17.9. The molecule has 0 aliphatic carbocycles. The van der Waals surface area contributed by atoms with Gasteiger partial charge in [-0.25, -0.2) is 0 Å². The predicted molar refractivity (Wildman–Crippen MR) is 140 cm³/mol. The molecule has 0 aliphatic rings. The molecule has 0 spiro atoms. The minimum atomic E-state index is -1.14. The molecule has 3 aromatic heterocycles. The number of benzene rings is 1. The van der Waals surface area contributed by atoms with Gasteiger partial charge in [-0.2, -0.15) is 4.80 Å². The SMILES string of the molecule is COc1ccc(C)cc1N(C(=O)Cn1nnc(-c2ccc(C)o2)n1)[C@H](C(=O)NC(C)(C)C)c1ccc(C)o1. The third kappa shape index (κ3) is 5.93. The standard InChI is InChI=1S/C27H32N6O5/c1-16-8-11-20(36-7)19(14-16)33(24(21-12-9-17(2)37-21)26(35)28-27(4,5)6)23(34)15-32-30-25(29-31-32)22-13-10-18(3)38-22/h8-14,24H,15H2,1-7H3,(H,28,35)/t24-/m0/s1. The van der Waals surface area contributed by atoms with Crippen LogP contribution in [0.15, 0.2) is 51.3 Å². The van der Waals surface area contributed by atoms with E-state index in [1.807, 2.05) is 40.7 Å². The molecule has 11 nitrogen and oxygen atoms in total. The van der Waals surface area contributed by atoms with Gasteiger partial charge in [-0.15, -0.1) is 10.2 Å². The highest BCUT2D eigenvalue weighted by atomic mass is 16.5. The van der Waals surface area contributed by atoms with Gasteiger partial charge in [0.1, 0.15) is 29.6 Å². The molecule has 0 unspecified atom stereocenters. The molecule has 2 amide bonds. The van der Waals surface area contributed by atoms with E-state index in [1.165, 1.54) is 12.0 Å². The molecule has 200 valence electrons. The molecule has 0 radical (unpaired) electrons. The van der Waals surface area contributed by atoms with Crippen molar-refractivity contribution in [2.24, 2.45) is 0 Å². The van der Waals surface area contributed by atoms with Crippen LogP contribution < -0.4 is 15.0 Å². The zero-order valence-electron chi connectivity index (χ0n) is 22.6. The topological polar surface area (TPSA) is 129 Å². The highest BCUT2D eigenvalue weighted by molar-refractivity contribution is 6.02. The molecule has 3 heterocycles. The third-order valence-corrected chi connectivity index (χ3v) is 5.59. The fourth-order valence-electron chi connectivity index (χ4n) is 3.98. The number of ether oxygens (including phenoxy) is 1. The Balaban J connectivity index is 1.79. The number of nitrogens with one attached hydrogen (secondary N) is 1. The summed E-state index contributed by atoms with van der Waals surface area (Å²) in [5.41, 5.74) is 0.715. The molecular formula is C27H32N6O5. The Bertz CT molecular complexity index is 1440. The average molecular weight is 521 g/mol. The molecule has 1 atom stereocenters. The van der Waals surface area contributed by atoms with Crippen molar-refractivity contribution in [3.8, 4) is 17.3 Å². The highest BCUT2D eigenvalue weighted by Crippen LogP contribution is 2.37. The second-order valence-corrected chi connectivity index (χ2v) is 10.1. The first-order valence-corrected chi connectivity index (χ1v) is 12.1. The summed E-state index contributed by atoms with van der Waals surface area (Å²) in [6.07, 6.45) is 0. The number of anilines is 1. The molecule has 0 bridgehead atoms. The highest BCUT2D eigenvalue weighted by Gasteiger charge is 2.38. The maximum atomic E-state index is 14.0. The van der Waals surface area contributed by atoms with E-state index in [0.29, 0.717) is 34.5 Å². The Morgan fingerprint density at radius 1 is 1.05 bits per heavy atom. The number of aryl methyl sites for hydroxylation is 3. The molecule has 0 saturated carbocycles. The number of rotatable bonds is 8. The van der Waals surface area contributed by atoms with E-state index < -0.39 is 23.4 Å². The van der Waals surface area contributed by atoms with E-state index in [0.717, 1.165) is 10.4 Å². The lowest BCUT2D eigenvalue weighted by Crippen LogP contribution is -2.50. The summed E-state index contributed by atoms with van der Waals surface area (Å²) in [6, 6.07) is 11.2. The van der Waals surface area contributed by atoms with Crippen LogP contribution in [0.3, 0.4) is 0 Å². The van der Waals surface area contributed by atoms with Gasteiger partial charge in [-0.3, -0.25) is 14.5 Å². The Morgan fingerprint density at radius 3 is 2.37 bits per heavy atom. The summed E-state index contributed by atoms with van der Waals surface area (Å²) >= 11 is 0. The first kappa shape index (κ1) is 26.6. The number of hydrogen-bond donors (Lipinski definition) is 1. The van der Waals surface area contributed by atoms with Gasteiger partial charge in [-0.1, -0.05) is 6.07 Å². The Kier molecular flexibility index (Phi) is 7.38. The molecule has 38 heavy (non-hydrogen) atoms. The van der Waals surface area contributed by atoms with Crippen molar-refractivity contribution in [2.45, 2.75) is 59.7 Å². The number of amides is 2. The van der Waals surface area contributed by atoms with Crippen LogP contribution in [0.2, 0.25) is 0 Å². The monoisotopic (exact) mass is 520 g/mol. The van der Waals surface area contributed by atoms with Crippen molar-refractivity contribution in [3.63, 3.8) is 0 Å². The van der Waals surface area contributed by atoms with Crippen molar-refractivity contribution in [1.82, 2.24) is 25.5 Å². The van der Waals surface area contributed by atoms with Crippen molar-refractivity contribution in [1.29, 1.82) is 0 Å². The lowest BCUT2D eigenvalue weighted by Gasteiger charge is -2.33. The lowest BCUT2D eigenvalue weighted by atomic mass is 10.0. The number of methoxy groups -OCH3 is 1. The molecule has 0 saturated heterocycles. The quantitative estimate of drug-likeness (QED) is 0.367. The van der Waals surface area contributed by atoms with Gasteiger partial charge in [0.25, 0.3) is 11.8 Å². The van der Waals surface area contributed by atoms with Crippen LogP contribution in [0, 0.1) is 20.8 Å². The number of hydrogen-bond acceptors (Lipinski definition) is 8. The van der Waals surface area contributed by atoms with Crippen molar-refractivity contribution < 1.29 is 23.2 Å². The molecule has 0 fully saturated rings. The van der Waals surface area contributed by atoms with Crippen LogP contribution in [0.1, 0.15) is 49.7 Å². The van der Waals surface area contributed by atoms with Gasteiger partial charge >= 0.3 is 0 Å². The second kappa shape index (κ2) is 10.5. The summed E-state index contributed by atoms with van der Waals surface area (Å²) in [5.74, 6) is 1.82. The Hall–Kier alpha value is -4.41. The molecular weight excluding hydrogens is 488 g/mol. The first-order valence-electron chi connectivity index (χ1n) is 12.1. The molecule has 1 N–H and O–H groups in total. The van der Waals surface area contributed by atoms with Crippen LogP contribution in [0.25, 0.3) is 11.6 Å². The van der Waals surface area contributed by atoms with Crippen molar-refractivity contribution >= 4 is 17.5 Å². The van der Waals surface area contributed by atoms with E-state index >= 15 is 0 Å². The summed E-state index contributed by atoms with van der Waals surface area (Å²) in [5, 5.41) is 15.3. The molecule has 4 rings (SSSR count). The van der Waals surface area contributed by atoms with Crippen molar-refractivity contribution in [2.75, 3.05) is 12.0 Å². The summed E-state index contributed by atoms with van der Waals surface area (Å²) in [4.78, 5) is 30.3. The normalized spacial score (nSPS) is 12.3. The summed E-state index contributed by atoms with van der Waals surface area (Å²) < 4.78 is 17.1. The minimum absolute atomic E-state index is 0.245. The Labute approximate surface area is 220 Å². The van der Waals surface area contributed by atoms with E-state index in [9.17, 15) is 9.59 Å². The second-order valence-electron chi connectivity index (χ2n) is 10.1. The fraction of sp³-hybridized carbons (Fsp3) is 0.370. The van der Waals surface area contributed by atoms with E-state index in [4.69, 9.17) is 13.6 Å². The lowest BCUT2D eigenvalue weighted by molar-refractivity contribution is -0.128. The van der Waals surface area contributed by atoms with Gasteiger partial charge in [0.05, 0.1) is 12.8 Å². The number of aromatic nitrogens is 4. The third-order valence-electron chi connectivity index (χ3n) is 5.59. The fourth-order valence-corrected chi connectivity index (χ4v) is 3.98. The number of furan rings is 2. The van der Waals surface area contributed by atoms with Crippen LogP contribution in [0.5, 0.6) is 5.75 Å². The summed E-state index contributed by atoms with van der Waals surface area (Å²) in [6.45, 7) is 10.8. The van der Waals surface area contributed by atoms with Crippen LogP contribution in [-0.4, -0.2) is 44.7 Å². The van der Waals surface area contributed by atoms with E-state index in [1.54, 1.807) is 43.3 Å². The minimum Gasteiger partial charge on any atom is -0.495 e. The van der Waals surface area contributed by atoms with Gasteiger partial charge in [0.15, 0.2) is 11.8 Å². The zero-order chi connectivity index (χ0) is 27.6. The molecule has 4 aromatic rings. The maximum absolute atomic E-state index is 14.0. The average Bonchev–Trinajstić information content (AvgIpc) is 3.57. The molecule has 1 aromatic carbocycles. The van der Waals surface area contributed by atoms with E-state index in [2.05, 4.69) is 20.7 Å². The van der Waals surface area contributed by atoms with Gasteiger partial charge in [0.2, 0.25) is 5.82 Å². The zero-order valence-corrected chi connectivity index (χ0v) is 22.6. The number of nitrogens with zero attached hydrogens (tertiary/aromatic N) is 5. The van der Waals surface area contributed by atoms with Gasteiger partial charge in [0, 0.05) is 5.54 Å². The maximum Gasteiger partial charge on any atom is 0.251 e. The molecule has 11 heteroatoms. The number of carbonyl (C=O) groups is 2. The summed E-state index contributed by atoms with van der Waals surface area (Å²) in [7, 11) is 1.51. The molecule has 0 aliphatic heterocycles. The Morgan fingerprint density at radius 2 is 1.76 bits per heavy atom. The predicted octanol–water partition coefficient (Wildman–Crippen LogP) is 4.15.